The third kappa shape index (κ3) is 4.29. The lowest BCUT2D eigenvalue weighted by Gasteiger charge is -2.27. The lowest BCUT2D eigenvalue weighted by molar-refractivity contribution is -0.155. The molecule has 0 aromatic heterocycles. The summed E-state index contributed by atoms with van der Waals surface area (Å²) in [5.74, 6) is -5.36. The molecule has 10 nitrogen and oxygen atoms in total. The number of esters is 3. The number of ether oxygens (including phenoxy) is 4. The van der Waals surface area contributed by atoms with Crippen molar-refractivity contribution in [2.75, 3.05) is 12.4 Å². The second kappa shape index (κ2) is 8.37. The van der Waals surface area contributed by atoms with Crippen molar-refractivity contribution in [3.05, 3.63) is 31.1 Å². The standard InChI is InChI=1S/C17H13Br3O10S/c18-5-3-6(10(20)7(19)4-5)15(21)29-13-11-8(16(22)27-1-2-31(24,25)26)9-12(28-11)14(13)30-17(9)23/h3-4,8-9,11-14H,1-2H2,(H,24,25,26)/p-1. The first-order valence-corrected chi connectivity index (χ1v) is 12.8. The number of rotatable bonds is 6. The zero-order chi connectivity index (χ0) is 22.7. The molecular formula is C17H12Br3O10S-. The highest BCUT2D eigenvalue weighted by molar-refractivity contribution is 9.13. The minimum Gasteiger partial charge on any atom is -0.748 e. The van der Waals surface area contributed by atoms with Crippen LogP contribution in [0, 0.1) is 11.8 Å². The molecule has 0 amide bonds. The van der Waals surface area contributed by atoms with Crippen LogP contribution in [-0.2, 0) is 38.7 Å². The molecule has 1 aromatic carbocycles. The summed E-state index contributed by atoms with van der Waals surface area (Å²) < 4.78 is 55.2. The van der Waals surface area contributed by atoms with E-state index in [1.807, 2.05) is 0 Å². The summed E-state index contributed by atoms with van der Waals surface area (Å²) in [5, 5.41) is 0. The van der Waals surface area contributed by atoms with E-state index < -0.39 is 76.6 Å². The maximum absolute atomic E-state index is 12.8. The summed E-state index contributed by atoms with van der Waals surface area (Å²) in [7, 11) is -4.58. The highest BCUT2D eigenvalue weighted by Crippen LogP contribution is 2.51. The predicted octanol–water partition coefficient (Wildman–Crippen LogP) is 1.53. The maximum Gasteiger partial charge on any atom is 0.339 e. The van der Waals surface area contributed by atoms with Crippen LogP contribution in [-0.4, -0.2) is 67.7 Å². The molecule has 14 heteroatoms. The van der Waals surface area contributed by atoms with Crippen molar-refractivity contribution in [1.82, 2.24) is 0 Å². The minimum atomic E-state index is -4.58. The summed E-state index contributed by atoms with van der Waals surface area (Å²) in [4.78, 5) is 37.6. The van der Waals surface area contributed by atoms with Gasteiger partial charge in [-0.05, 0) is 44.0 Å². The van der Waals surface area contributed by atoms with E-state index in [1.165, 1.54) is 6.07 Å². The Kier molecular flexibility index (Phi) is 6.24. The van der Waals surface area contributed by atoms with Gasteiger partial charge in [-0.15, -0.1) is 0 Å². The van der Waals surface area contributed by atoms with E-state index in [-0.39, 0.29) is 5.56 Å². The molecule has 2 bridgehead atoms. The Morgan fingerprint density at radius 2 is 1.84 bits per heavy atom. The van der Waals surface area contributed by atoms with Gasteiger partial charge in [0, 0.05) is 13.4 Å². The van der Waals surface area contributed by atoms with E-state index in [9.17, 15) is 27.4 Å². The molecule has 3 aliphatic rings. The Morgan fingerprint density at radius 1 is 1.13 bits per heavy atom. The van der Waals surface area contributed by atoms with E-state index in [4.69, 9.17) is 18.9 Å². The summed E-state index contributed by atoms with van der Waals surface area (Å²) in [6.45, 7) is -0.660. The second-order valence-electron chi connectivity index (χ2n) is 7.07. The highest BCUT2D eigenvalue weighted by Gasteiger charge is 2.72. The van der Waals surface area contributed by atoms with Crippen LogP contribution in [0.15, 0.2) is 25.6 Å². The fourth-order valence-corrected chi connectivity index (χ4v) is 5.87. The SMILES string of the molecule is O=C(OC1C2OC(=O)C3C2OC1C3C(=O)OCCS(=O)(=O)[O-])c1cc(Br)cc(Br)c1Br. The quantitative estimate of drug-likeness (QED) is 0.193. The molecule has 1 aromatic rings. The summed E-state index contributed by atoms with van der Waals surface area (Å²) in [5.41, 5.74) is 0.185. The minimum absolute atomic E-state index is 0.185. The molecule has 6 atom stereocenters. The fraction of sp³-hybridized carbons (Fsp3) is 0.471. The first-order chi connectivity index (χ1) is 14.5. The van der Waals surface area contributed by atoms with Crippen molar-refractivity contribution in [2.24, 2.45) is 11.8 Å². The van der Waals surface area contributed by atoms with Gasteiger partial charge in [-0.25, -0.2) is 13.2 Å². The number of carbonyl (C=O) groups is 3. The number of hydrogen-bond acceptors (Lipinski definition) is 10. The molecule has 6 unspecified atom stereocenters. The van der Waals surface area contributed by atoms with Crippen molar-refractivity contribution in [2.45, 2.75) is 24.4 Å². The molecule has 0 N–H and O–H groups in total. The van der Waals surface area contributed by atoms with Gasteiger partial charge in [0.05, 0.1) is 21.4 Å². The van der Waals surface area contributed by atoms with E-state index in [0.29, 0.717) is 13.4 Å². The number of carbonyl (C=O) groups excluding carboxylic acids is 3. The van der Waals surface area contributed by atoms with Crippen molar-refractivity contribution in [1.29, 1.82) is 0 Å². The molecule has 0 saturated carbocycles. The van der Waals surface area contributed by atoms with Crippen molar-refractivity contribution >= 4 is 75.8 Å². The summed E-state index contributed by atoms with van der Waals surface area (Å²) >= 11 is 9.90. The molecule has 3 fully saturated rings. The van der Waals surface area contributed by atoms with Gasteiger partial charge in [0.2, 0.25) is 0 Å². The molecular weight excluding hydrogens is 636 g/mol. The van der Waals surface area contributed by atoms with Crippen LogP contribution < -0.4 is 0 Å². The first-order valence-electron chi connectivity index (χ1n) is 8.79. The number of benzene rings is 1. The van der Waals surface area contributed by atoms with Gasteiger partial charge in [-0.3, -0.25) is 9.59 Å². The number of fused-ring (bicyclic) bond motifs is 1. The molecule has 0 spiro atoms. The first kappa shape index (κ1) is 23.1. The smallest absolute Gasteiger partial charge is 0.339 e. The second-order valence-corrected chi connectivity index (χ2v) is 11.2. The van der Waals surface area contributed by atoms with E-state index in [0.717, 1.165) is 0 Å². The fourth-order valence-electron chi connectivity index (χ4n) is 3.97. The molecule has 0 aliphatic carbocycles. The van der Waals surface area contributed by atoms with Crippen LogP contribution >= 0.6 is 47.8 Å². The maximum atomic E-state index is 12.8. The van der Waals surface area contributed by atoms with Crippen molar-refractivity contribution < 1.29 is 46.3 Å². The number of halogens is 3. The monoisotopic (exact) mass is 645 g/mol. The summed E-state index contributed by atoms with van der Waals surface area (Å²) in [6.07, 6.45) is -3.74. The topological polar surface area (TPSA) is 145 Å². The Bertz CT molecular complexity index is 1070. The van der Waals surface area contributed by atoms with Crippen LogP contribution in [0.4, 0.5) is 0 Å². The average Bonchev–Trinajstić information content (AvgIpc) is 3.27. The van der Waals surface area contributed by atoms with Gasteiger partial charge in [0.25, 0.3) is 0 Å². The zero-order valence-electron chi connectivity index (χ0n) is 15.2. The lowest BCUT2D eigenvalue weighted by atomic mass is 9.78. The van der Waals surface area contributed by atoms with E-state index in [1.54, 1.807) is 6.07 Å². The molecule has 31 heavy (non-hydrogen) atoms. The Balaban J connectivity index is 1.53. The summed E-state index contributed by atoms with van der Waals surface area (Å²) in [6, 6.07) is 3.25. The molecule has 3 aliphatic heterocycles. The van der Waals surface area contributed by atoms with Gasteiger partial charge in [0.15, 0.2) is 12.2 Å². The van der Waals surface area contributed by atoms with Crippen LogP contribution in [0.1, 0.15) is 10.4 Å². The van der Waals surface area contributed by atoms with Crippen LogP contribution in [0.25, 0.3) is 0 Å². The van der Waals surface area contributed by atoms with Crippen molar-refractivity contribution in [3.63, 3.8) is 0 Å². The average molecular weight is 648 g/mol. The molecule has 0 radical (unpaired) electrons. The van der Waals surface area contributed by atoms with Gasteiger partial charge in [0.1, 0.15) is 30.7 Å². The predicted molar refractivity (Wildman–Crippen MR) is 110 cm³/mol. The third-order valence-corrected chi connectivity index (χ3v) is 8.35. The largest absolute Gasteiger partial charge is 0.748 e. The highest BCUT2D eigenvalue weighted by atomic mass is 79.9. The molecule has 3 saturated heterocycles. The lowest BCUT2D eigenvalue weighted by Crippen LogP contribution is -2.48. The molecule has 4 rings (SSSR count). The van der Waals surface area contributed by atoms with Crippen LogP contribution in [0.3, 0.4) is 0 Å². The van der Waals surface area contributed by atoms with Gasteiger partial charge in [-0.1, -0.05) is 15.9 Å². The van der Waals surface area contributed by atoms with Gasteiger partial charge >= 0.3 is 17.9 Å². The third-order valence-electron chi connectivity index (χ3n) is 5.21. The zero-order valence-corrected chi connectivity index (χ0v) is 20.7. The molecule has 3 heterocycles. The normalized spacial score (nSPS) is 30.9. The van der Waals surface area contributed by atoms with Crippen LogP contribution in [0.2, 0.25) is 0 Å². The number of hydrogen-bond donors (Lipinski definition) is 0. The Hall–Kier alpha value is -1.06. The van der Waals surface area contributed by atoms with Crippen molar-refractivity contribution in [3.8, 4) is 0 Å². The van der Waals surface area contributed by atoms with E-state index >= 15 is 0 Å². The van der Waals surface area contributed by atoms with E-state index in [2.05, 4.69) is 47.8 Å². The van der Waals surface area contributed by atoms with Crippen LogP contribution in [0.5, 0.6) is 0 Å². The Labute approximate surface area is 201 Å². The van der Waals surface area contributed by atoms with Gasteiger partial charge in [-0.2, -0.15) is 0 Å². The molecule has 168 valence electrons. The van der Waals surface area contributed by atoms with Gasteiger partial charge < -0.3 is 23.5 Å². The Morgan fingerprint density at radius 3 is 2.52 bits per heavy atom.